The molecule has 0 spiro atoms. The quantitative estimate of drug-likeness (QED) is 0.741. The van der Waals surface area contributed by atoms with E-state index in [1.165, 1.54) is 28.5 Å². The molecule has 1 aliphatic heterocycles. The summed E-state index contributed by atoms with van der Waals surface area (Å²) in [6.07, 6.45) is 4.93. The van der Waals surface area contributed by atoms with Crippen molar-refractivity contribution in [2.45, 2.75) is 43.2 Å². The van der Waals surface area contributed by atoms with Gasteiger partial charge in [-0.3, -0.25) is 4.79 Å². The van der Waals surface area contributed by atoms with Crippen LogP contribution in [0.25, 0.3) is 0 Å². The summed E-state index contributed by atoms with van der Waals surface area (Å²) in [5.74, 6) is 0.615. The first-order valence-electron chi connectivity index (χ1n) is 8.84. The predicted octanol–water partition coefficient (Wildman–Crippen LogP) is 2.80. The van der Waals surface area contributed by atoms with Crippen LogP contribution in [0.2, 0.25) is 0 Å². The average Bonchev–Trinajstić information content (AvgIpc) is 3.22. The highest BCUT2D eigenvalue weighted by molar-refractivity contribution is 7.91. The summed E-state index contributed by atoms with van der Waals surface area (Å²) in [7, 11) is -3.45. The van der Waals surface area contributed by atoms with E-state index in [4.69, 9.17) is 0 Å². The van der Waals surface area contributed by atoms with Crippen LogP contribution >= 0.6 is 11.3 Å². The molecule has 24 heavy (non-hydrogen) atoms. The highest BCUT2D eigenvalue weighted by atomic mass is 32.2. The molecule has 2 heterocycles. The van der Waals surface area contributed by atoms with Gasteiger partial charge in [0.2, 0.25) is 5.91 Å². The van der Waals surface area contributed by atoms with Gasteiger partial charge in [0.05, 0.1) is 5.92 Å². The van der Waals surface area contributed by atoms with E-state index >= 15 is 0 Å². The van der Waals surface area contributed by atoms with Gasteiger partial charge >= 0.3 is 0 Å². The van der Waals surface area contributed by atoms with Crippen LogP contribution in [-0.2, 0) is 14.8 Å². The van der Waals surface area contributed by atoms with Gasteiger partial charge in [-0.25, -0.2) is 8.42 Å². The van der Waals surface area contributed by atoms with Crippen LogP contribution in [0.1, 0.15) is 39.0 Å². The molecule has 0 aromatic carbocycles. The Labute approximate surface area is 148 Å². The van der Waals surface area contributed by atoms with Crippen LogP contribution in [-0.4, -0.2) is 49.7 Å². The van der Waals surface area contributed by atoms with E-state index in [1.54, 1.807) is 17.5 Å². The Kier molecular flexibility index (Phi) is 5.62. The molecule has 0 bridgehead atoms. The van der Waals surface area contributed by atoms with E-state index in [-0.39, 0.29) is 11.8 Å². The summed E-state index contributed by atoms with van der Waals surface area (Å²) in [6, 6.07) is 3.39. The summed E-state index contributed by atoms with van der Waals surface area (Å²) in [5.41, 5.74) is 0. The number of hydrogen-bond acceptors (Lipinski definition) is 4. The number of thiophene rings is 1. The topological polar surface area (TPSA) is 57.7 Å². The number of carbonyl (C=O) groups excluding carboxylic acids is 1. The van der Waals surface area contributed by atoms with E-state index < -0.39 is 10.0 Å². The highest BCUT2D eigenvalue weighted by Gasteiger charge is 2.36. The summed E-state index contributed by atoms with van der Waals surface area (Å²) in [4.78, 5) is 14.9. The minimum absolute atomic E-state index is 0.148. The Hall–Kier alpha value is -0.920. The molecule has 0 radical (unpaired) electrons. The van der Waals surface area contributed by atoms with Crippen LogP contribution in [0.4, 0.5) is 0 Å². The molecule has 1 saturated heterocycles. The van der Waals surface area contributed by atoms with Gasteiger partial charge in [-0.2, -0.15) is 4.31 Å². The molecule has 1 aromatic heterocycles. The highest BCUT2D eigenvalue weighted by Crippen LogP contribution is 2.31. The van der Waals surface area contributed by atoms with Crippen LogP contribution in [0, 0.1) is 11.8 Å². The molecular weight excluding hydrogens is 344 g/mol. The zero-order valence-electron chi connectivity index (χ0n) is 14.2. The van der Waals surface area contributed by atoms with Crippen molar-refractivity contribution in [1.29, 1.82) is 0 Å². The van der Waals surface area contributed by atoms with E-state index in [1.807, 2.05) is 4.90 Å². The monoisotopic (exact) mass is 370 g/mol. The molecule has 3 rings (SSSR count). The zero-order chi connectivity index (χ0) is 17.2. The van der Waals surface area contributed by atoms with Crippen molar-refractivity contribution in [2.24, 2.45) is 11.8 Å². The third-order valence-electron chi connectivity index (χ3n) is 4.80. The molecule has 134 valence electrons. The molecule has 1 saturated carbocycles. The first kappa shape index (κ1) is 17.9. The lowest BCUT2D eigenvalue weighted by Gasteiger charge is -2.34. The molecule has 1 amide bonds. The van der Waals surface area contributed by atoms with Crippen molar-refractivity contribution < 1.29 is 13.2 Å². The third-order valence-corrected chi connectivity index (χ3v) is 8.04. The van der Waals surface area contributed by atoms with E-state index in [2.05, 4.69) is 6.92 Å². The molecule has 5 nitrogen and oxygen atoms in total. The molecule has 2 fully saturated rings. The second-order valence-corrected chi connectivity index (χ2v) is 9.97. The second-order valence-electron chi connectivity index (χ2n) is 6.86. The molecule has 1 unspecified atom stereocenters. The average molecular weight is 371 g/mol. The lowest BCUT2D eigenvalue weighted by atomic mass is 9.98. The molecule has 0 N–H and O–H groups in total. The van der Waals surface area contributed by atoms with Gasteiger partial charge in [-0.1, -0.05) is 13.0 Å². The van der Waals surface area contributed by atoms with Gasteiger partial charge < -0.3 is 4.90 Å². The van der Waals surface area contributed by atoms with Crippen LogP contribution in [0.15, 0.2) is 21.7 Å². The smallest absolute Gasteiger partial charge is 0.252 e. The van der Waals surface area contributed by atoms with Gasteiger partial charge in [-0.15, -0.1) is 11.3 Å². The number of hydrogen-bond donors (Lipinski definition) is 0. The Morgan fingerprint density at radius 3 is 2.79 bits per heavy atom. The van der Waals surface area contributed by atoms with Gasteiger partial charge in [0.1, 0.15) is 4.21 Å². The molecule has 1 aliphatic carbocycles. The van der Waals surface area contributed by atoms with Crippen molar-refractivity contribution in [3.05, 3.63) is 17.5 Å². The Bertz CT molecular complexity index is 653. The molecule has 7 heteroatoms. The fourth-order valence-electron chi connectivity index (χ4n) is 3.33. The van der Waals surface area contributed by atoms with E-state index in [9.17, 15) is 13.2 Å². The number of piperidine rings is 1. The van der Waals surface area contributed by atoms with Gasteiger partial charge in [0.25, 0.3) is 10.0 Å². The van der Waals surface area contributed by atoms with Crippen LogP contribution in [0.5, 0.6) is 0 Å². The summed E-state index contributed by atoms with van der Waals surface area (Å²) in [5, 5.41) is 1.78. The second kappa shape index (κ2) is 7.54. The van der Waals surface area contributed by atoms with Crippen molar-refractivity contribution in [2.75, 3.05) is 26.2 Å². The molecule has 1 aromatic rings. The number of amides is 1. The standard InChI is InChI=1S/C17H26N2O3S2/c1-2-9-18(12-14-7-8-14)17(20)15-5-3-10-19(13-15)24(21,22)16-6-4-11-23-16/h4,6,11,14-15H,2-3,5,7-10,12-13H2,1H3. The normalized spacial score (nSPS) is 22.5. The van der Waals surface area contributed by atoms with Crippen molar-refractivity contribution in [1.82, 2.24) is 9.21 Å². The summed E-state index contributed by atoms with van der Waals surface area (Å²) >= 11 is 1.24. The predicted molar refractivity (Wildman–Crippen MR) is 95.4 cm³/mol. The number of nitrogens with zero attached hydrogens (tertiary/aromatic N) is 2. The summed E-state index contributed by atoms with van der Waals surface area (Å²) < 4.78 is 27.3. The van der Waals surface area contributed by atoms with Gasteiger partial charge in [-0.05, 0) is 49.5 Å². The largest absolute Gasteiger partial charge is 0.342 e. The zero-order valence-corrected chi connectivity index (χ0v) is 15.8. The third kappa shape index (κ3) is 4.00. The number of sulfonamides is 1. The van der Waals surface area contributed by atoms with E-state index in [0.717, 1.165) is 32.4 Å². The Morgan fingerprint density at radius 2 is 2.17 bits per heavy atom. The molecular formula is C17H26N2O3S2. The maximum atomic E-state index is 12.9. The van der Waals surface area contributed by atoms with Crippen molar-refractivity contribution in [3.63, 3.8) is 0 Å². The SMILES string of the molecule is CCCN(CC1CC1)C(=O)C1CCCN(S(=O)(=O)c2cccs2)C1. The molecule has 2 aliphatic rings. The van der Waals surface area contributed by atoms with Crippen LogP contribution < -0.4 is 0 Å². The number of carbonyl (C=O) groups is 1. The fourth-order valence-corrected chi connectivity index (χ4v) is 6.00. The fraction of sp³-hybridized carbons (Fsp3) is 0.706. The van der Waals surface area contributed by atoms with Crippen molar-refractivity contribution >= 4 is 27.3 Å². The summed E-state index contributed by atoms with van der Waals surface area (Å²) in [6.45, 7) is 4.55. The first-order valence-corrected chi connectivity index (χ1v) is 11.2. The minimum atomic E-state index is -3.45. The lowest BCUT2D eigenvalue weighted by Crippen LogP contribution is -2.47. The number of rotatable bonds is 7. The Balaban J connectivity index is 1.69. The molecule has 1 atom stereocenters. The Morgan fingerprint density at radius 1 is 1.38 bits per heavy atom. The lowest BCUT2D eigenvalue weighted by molar-refractivity contribution is -0.137. The van der Waals surface area contributed by atoms with Gasteiger partial charge in [0, 0.05) is 26.2 Å². The van der Waals surface area contributed by atoms with Crippen molar-refractivity contribution in [3.8, 4) is 0 Å². The maximum absolute atomic E-state index is 12.9. The minimum Gasteiger partial charge on any atom is -0.342 e. The maximum Gasteiger partial charge on any atom is 0.252 e. The van der Waals surface area contributed by atoms with Crippen LogP contribution in [0.3, 0.4) is 0 Å². The van der Waals surface area contributed by atoms with E-state index in [0.29, 0.717) is 23.2 Å². The van der Waals surface area contributed by atoms with Gasteiger partial charge in [0.15, 0.2) is 0 Å². The first-order chi connectivity index (χ1) is 11.5.